The minimum atomic E-state index is -1.76. The zero-order valence-electron chi connectivity index (χ0n) is 19.3. The predicted molar refractivity (Wildman–Crippen MR) is 130 cm³/mol. The molecule has 1 aliphatic rings. The Bertz CT molecular complexity index is 1200. The molecule has 1 amide bonds. The molecule has 34 heavy (non-hydrogen) atoms. The van der Waals surface area contributed by atoms with E-state index in [2.05, 4.69) is 12.1 Å². The average Bonchev–Trinajstić information content (AvgIpc) is 3.16. The summed E-state index contributed by atoms with van der Waals surface area (Å²) in [5.41, 5.74) is 6.12. The topological polar surface area (TPSA) is 96.3 Å². The normalized spacial score (nSPS) is 12.0. The number of anilines is 1. The van der Waals surface area contributed by atoms with E-state index in [1.165, 1.54) is 18.1 Å². The van der Waals surface area contributed by atoms with Crippen LogP contribution in [0.25, 0.3) is 11.1 Å². The fourth-order valence-corrected chi connectivity index (χ4v) is 4.53. The van der Waals surface area contributed by atoms with Crippen LogP contribution in [0.5, 0.6) is 0 Å². The maximum atomic E-state index is 13.0. The number of hydrogen-bond acceptors (Lipinski definition) is 6. The van der Waals surface area contributed by atoms with Gasteiger partial charge in [0.15, 0.2) is 0 Å². The fraction of sp³-hybridized carbons (Fsp3) is 0.231. The van der Waals surface area contributed by atoms with Gasteiger partial charge in [0.05, 0.1) is 13.5 Å². The number of methoxy groups -OCH3 is 1. The van der Waals surface area contributed by atoms with Gasteiger partial charge >= 0.3 is 19.2 Å². The number of nitrogens with zero attached hydrogens (tertiary/aromatic N) is 1. The van der Waals surface area contributed by atoms with Gasteiger partial charge in [0.1, 0.15) is 6.61 Å². The van der Waals surface area contributed by atoms with E-state index in [-0.39, 0.29) is 24.4 Å². The van der Waals surface area contributed by atoms with Gasteiger partial charge < -0.3 is 19.5 Å². The highest BCUT2D eigenvalue weighted by Gasteiger charge is 2.30. The summed E-state index contributed by atoms with van der Waals surface area (Å²) in [4.78, 5) is 26.1. The van der Waals surface area contributed by atoms with Gasteiger partial charge in [-0.25, -0.2) is 4.79 Å². The minimum absolute atomic E-state index is 0.0674. The van der Waals surface area contributed by atoms with Crippen molar-refractivity contribution in [1.82, 2.24) is 0 Å². The summed E-state index contributed by atoms with van der Waals surface area (Å²) in [5, 5.41) is 19.6. The lowest BCUT2D eigenvalue weighted by atomic mass is 9.75. The first-order chi connectivity index (χ1) is 16.3. The number of amides is 1. The monoisotopic (exact) mass is 459 g/mol. The zero-order chi connectivity index (χ0) is 24.4. The zero-order valence-corrected chi connectivity index (χ0v) is 19.3. The number of rotatable bonds is 6. The van der Waals surface area contributed by atoms with E-state index < -0.39 is 19.2 Å². The first-order valence-electron chi connectivity index (χ1n) is 11.0. The predicted octanol–water partition coefficient (Wildman–Crippen LogP) is 2.78. The molecule has 8 heteroatoms. The lowest BCUT2D eigenvalue weighted by Crippen LogP contribution is -2.36. The summed E-state index contributed by atoms with van der Waals surface area (Å²) < 4.78 is 10.4. The first kappa shape index (κ1) is 23.5. The molecule has 0 heterocycles. The van der Waals surface area contributed by atoms with Crippen molar-refractivity contribution in [2.24, 2.45) is 0 Å². The van der Waals surface area contributed by atoms with E-state index in [0.717, 1.165) is 22.3 Å². The number of ether oxygens (including phenoxy) is 2. The van der Waals surface area contributed by atoms with Gasteiger partial charge in [-0.2, -0.15) is 0 Å². The lowest BCUT2D eigenvalue weighted by molar-refractivity contribution is -0.139. The van der Waals surface area contributed by atoms with Crippen molar-refractivity contribution in [2.45, 2.75) is 19.3 Å². The molecule has 0 aromatic heterocycles. The number of fused-ring (bicyclic) bond motifs is 3. The van der Waals surface area contributed by atoms with E-state index in [1.54, 1.807) is 20.0 Å². The van der Waals surface area contributed by atoms with Crippen molar-refractivity contribution in [1.29, 1.82) is 0 Å². The maximum absolute atomic E-state index is 13.0. The third-order valence-corrected chi connectivity index (χ3v) is 6.31. The van der Waals surface area contributed by atoms with Crippen LogP contribution in [0.4, 0.5) is 10.5 Å². The maximum Gasteiger partial charge on any atom is 0.488 e. The quantitative estimate of drug-likeness (QED) is 0.435. The fourth-order valence-electron chi connectivity index (χ4n) is 4.53. The second kappa shape index (κ2) is 9.71. The Morgan fingerprint density at radius 3 is 2.15 bits per heavy atom. The van der Waals surface area contributed by atoms with E-state index in [4.69, 9.17) is 9.47 Å². The van der Waals surface area contributed by atoms with Crippen LogP contribution >= 0.6 is 0 Å². The minimum Gasteiger partial charge on any atom is -0.469 e. The summed E-state index contributed by atoms with van der Waals surface area (Å²) in [6, 6.07) is 19.3. The highest BCUT2D eigenvalue weighted by Crippen LogP contribution is 2.44. The van der Waals surface area contributed by atoms with Crippen molar-refractivity contribution in [3.63, 3.8) is 0 Å². The molecule has 4 rings (SSSR count). The van der Waals surface area contributed by atoms with Crippen LogP contribution in [0.2, 0.25) is 0 Å². The molecule has 174 valence electrons. The molecular formula is C26H26BNO6. The molecule has 3 aromatic carbocycles. The van der Waals surface area contributed by atoms with E-state index >= 15 is 0 Å². The van der Waals surface area contributed by atoms with Crippen LogP contribution in [0.1, 0.15) is 28.2 Å². The first-order valence-corrected chi connectivity index (χ1v) is 11.0. The summed E-state index contributed by atoms with van der Waals surface area (Å²) in [7, 11) is 1.07. The number of carbonyl (C=O) groups excluding carboxylic acids is 2. The molecule has 3 aromatic rings. The van der Waals surface area contributed by atoms with E-state index in [1.807, 2.05) is 36.4 Å². The van der Waals surface area contributed by atoms with Gasteiger partial charge in [-0.3, -0.25) is 9.69 Å². The number of hydrogen-bond donors (Lipinski definition) is 2. The second-order valence-electron chi connectivity index (χ2n) is 8.32. The molecule has 0 atom stereocenters. The van der Waals surface area contributed by atoms with Gasteiger partial charge in [-0.05, 0) is 51.8 Å². The Hall–Kier alpha value is -3.62. The van der Waals surface area contributed by atoms with Crippen LogP contribution in [-0.2, 0) is 20.7 Å². The van der Waals surface area contributed by atoms with Crippen molar-refractivity contribution < 1.29 is 29.1 Å². The highest BCUT2D eigenvalue weighted by atomic mass is 16.6. The largest absolute Gasteiger partial charge is 0.488 e. The lowest BCUT2D eigenvalue weighted by Gasteiger charge is -2.23. The van der Waals surface area contributed by atoms with Crippen LogP contribution in [-0.4, -0.2) is 50.0 Å². The summed E-state index contributed by atoms with van der Waals surface area (Å²) in [5.74, 6) is -0.552. The molecule has 0 aliphatic heterocycles. The molecule has 0 radical (unpaired) electrons. The van der Waals surface area contributed by atoms with Gasteiger partial charge in [-0.1, -0.05) is 54.6 Å². The molecule has 0 spiro atoms. The van der Waals surface area contributed by atoms with Crippen LogP contribution < -0.4 is 10.4 Å². The molecule has 0 unspecified atom stereocenters. The average molecular weight is 459 g/mol. The summed E-state index contributed by atoms with van der Waals surface area (Å²) >= 11 is 0. The van der Waals surface area contributed by atoms with Crippen molar-refractivity contribution in [3.8, 4) is 11.1 Å². The molecule has 2 N–H and O–H groups in total. The van der Waals surface area contributed by atoms with Gasteiger partial charge in [0.25, 0.3) is 0 Å². The summed E-state index contributed by atoms with van der Waals surface area (Å²) in [6.45, 7) is 1.84. The number of esters is 1. The molecule has 1 aliphatic carbocycles. The van der Waals surface area contributed by atoms with E-state index in [9.17, 15) is 19.6 Å². The number of benzene rings is 3. The summed E-state index contributed by atoms with van der Waals surface area (Å²) in [6.07, 6.45) is -0.652. The standard InChI is InChI=1S/C26H26BNO6/c1-16-23(27(31)32)12-17(14-25(29)33-3)13-24(16)28(2)26(30)34-15-22-20-10-6-4-8-18(20)19-9-5-7-11-21(19)22/h4-13,22,31-32H,14-15H2,1-3H3. The number of carbonyl (C=O) groups is 2. The molecule has 0 bridgehead atoms. The second-order valence-corrected chi connectivity index (χ2v) is 8.32. The molecule has 0 saturated carbocycles. The Kier molecular flexibility index (Phi) is 6.72. The van der Waals surface area contributed by atoms with Gasteiger partial charge in [0.2, 0.25) is 0 Å². The Labute approximate surface area is 198 Å². The molecular weight excluding hydrogens is 433 g/mol. The third-order valence-electron chi connectivity index (χ3n) is 6.31. The van der Waals surface area contributed by atoms with Gasteiger partial charge in [-0.15, -0.1) is 0 Å². The van der Waals surface area contributed by atoms with Crippen LogP contribution in [0.3, 0.4) is 0 Å². The smallest absolute Gasteiger partial charge is 0.469 e. The van der Waals surface area contributed by atoms with Crippen LogP contribution in [0, 0.1) is 6.92 Å². The Balaban J connectivity index is 1.57. The van der Waals surface area contributed by atoms with Crippen LogP contribution in [0.15, 0.2) is 60.7 Å². The molecule has 0 fully saturated rings. The van der Waals surface area contributed by atoms with Crippen molar-refractivity contribution in [2.75, 3.05) is 25.7 Å². The third kappa shape index (κ3) is 4.42. The highest BCUT2D eigenvalue weighted by molar-refractivity contribution is 6.59. The van der Waals surface area contributed by atoms with Crippen molar-refractivity contribution >= 4 is 30.3 Å². The Morgan fingerprint density at radius 2 is 1.59 bits per heavy atom. The van der Waals surface area contributed by atoms with E-state index in [0.29, 0.717) is 16.8 Å². The SMILES string of the molecule is COC(=O)Cc1cc(B(O)O)c(C)c(N(C)C(=O)OCC2c3ccccc3-c3ccccc32)c1. The van der Waals surface area contributed by atoms with Gasteiger partial charge in [0, 0.05) is 18.7 Å². The molecule has 7 nitrogen and oxygen atoms in total. The van der Waals surface area contributed by atoms with Crippen molar-refractivity contribution in [3.05, 3.63) is 82.9 Å². The Morgan fingerprint density at radius 1 is 1.00 bits per heavy atom. The molecule has 0 saturated heterocycles.